The highest BCUT2D eigenvalue weighted by Gasteiger charge is 2.17. The summed E-state index contributed by atoms with van der Waals surface area (Å²) in [5, 5.41) is 0. The van der Waals surface area contributed by atoms with Crippen LogP contribution in [0.3, 0.4) is 0 Å². The average Bonchev–Trinajstić information content (AvgIpc) is 2.53. The molecule has 0 aliphatic carbocycles. The first-order valence-corrected chi connectivity index (χ1v) is 8.29. The van der Waals surface area contributed by atoms with Crippen LogP contribution < -0.4 is 0 Å². The number of hydrogen-bond donors (Lipinski definition) is 0. The van der Waals surface area contributed by atoms with Crippen molar-refractivity contribution in [2.45, 2.75) is 52.9 Å². The molecule has 0 saturated heterocycles. The van der Waals surface area contributed by atoms with Crippen molar-refractivity contribution in [3.63, 3.8) is 0 Å². The minimum Gasteiger partial charge on any atom is -0.339 e. The molecule has 0 unspecified atom stereocenters. The van der Waals surface area contributed by atoms with Crippen LogP contribution in [0.25, 0.3) is 5.57 Å². The van der Waals surface area contributed by atoms with E-state index in [1.54, 1.807) is 0 Å². The van der Waals surface area contributed by atoms with E-state index in [1.165, 1.54) is 0 Å². The van der Waals surface area contributed by atoms with Gasteiger partial charge >= 0.3 is 0 Å². The molecule has 1 amide bonds. The van der Waals surface area contributed by atoms with Crippen LogP contribution in [-0.4, -0.2) is 23.9 Å². The molecule has 0 fully saturated rings. The molecule has 0 saturated carbocycles. The zero-order valence-corrected chi connectivity index (χ0v) is 13.8. The summed E-state index contributed by atoms with van der Waals surface area (Å²) in [6.07, 6.45) is 7.55. The van der Waals surface area contributed by atoms with Gasteiger partial charge in [-0.3, -0.25) is 4.79 Å². The van der Waals surface area contributed by atoms with Gasteiger partial charge in [0.2, 0.25) is 0 Å². The number of nitrogens with zero attached hydrogens (tertiary/aromatic N) is 1. The molecule has 116 valence electrons. The van der Waals surface area contributed by atoms with Crippen molar-refractivity contribution in [2.24, 2.45) is 0 Å². The van der Waals surface area contributed by atoms with Gasteiger partial charge in [-0.05, 0) is 25.3 Å². The zero-order chi connectivity index (χ0) is 15.5. The predicted octanol–water partition coefficient (Wildman–Crippen LogP) is 4.91. The number of amides is 1. The topological polar surface area (TPSA) is 20.3 Å². The molecule has 0 bridgehead atoms. The van der Waals surface area contributed by atoms with Crippen LogP contribution in [-0.2, 0) is 4.79 Å². The Balaban J connectivity index is 2.94. The maximum Gasteiger partial charge on any atom is 0.254 e. The quantitative estimate of drug-likeness (QED) is 0.467. The zero-order valence-electron chi connectivity index (χ0n) is 13.8. The number of carbonyl (C=O) groups excluding carboxylic acids is 1. The Morgan fingerprint density at radius 2 is 1.71 bits per heavy atom. The van der Waals surface area contributed by atoms with E-state index < -0.39 is 0 Å². The van der Waals surface area contributed by atoms with E-state index in [-0.39, 0.29) is 5.91 Å². The Hall–Kier alpha value is -1.57. The lowest BCUT2D eigenvalue weighted by molar-refractivity contribution is -0.124. The lowest BCUT2D eigenvalue weighted by Gasteiger charge is -2.22. The highest BCUT2D eigenvalue weighted by Crippen LogP contribution is 2.19. The molecule has 21 heavy (non-hydrogen) atoms. The molecule has 1 rings (SSSR count). The number of rotatable bonds is 9. The minimum atomic E-state index is 0.174. The molecule has 0 aromatic heterocycles. The lowest BCUT2D eigenvalue weighted by Crippen LogP contribution is -2.32. The normalized spacial score (nSPS) is 11.5. The maximum absolute atomic E-state index is 12.8. The van der Waals surface area contributed by atoms with Crippen molar-refractivity contribution >= 4 is 11.5 Å². The van der Waals surface area contributed by atoms with Crippen LogP contribution in [0.4, 0.5) is 0 Å². The number of allylic oxidation sites excluding steroid dienone is 1. The number of hydrogen-bond acceptors (Lipinski definition) is 1. The van der Waals surface area contributed by atoms with Gasteiger partial charge in [-0.1, -0.05) is 69.5 Å². The van der Waals surface area contributed by atoms with Crippen LogP contribution in [0.5, 0.6) is 0 Å². The van der Waals surface area contributed by atoms with Crippen LogP contribution in [0.2, 0.25) is 0 Å². The molecular formula is C19H29NO. The molecule has 1 aromatic rings. The van der Waals surface area contributed by atoms with Crippen molar-refractivity contribution < 1.29 is 4.79 Å². The second-order valence-electron chi connectivity index (χ2n) is 5.36. The third-order valence-electron chi connectivity index (χ3n) is 3.67. The third kappa shape index (κ3) is 5.74. The largest absolute Gasteiger partial charge is 0.339 e. The van der Waals surface area contributed by atoms with Crippen molar-refractivity contribution in [1.29, 1.82) is 0 Å². The third-order valence-corrected chi connectivity index (χ3v) is 3.67. The van der Waals surface area contributed by atoms with Crippen LogP contribution in [0.15, 0.2) is 36.4 Å². The van der Waals surface area contributed by atoms with E-state index in [0.29, 0.717) is 0 Å². The van der Waals surface area contributed by atoms with Crippen molar-refractivity contribution in [3.8, 4) is 0 Å². The van der Waals surface area contributed by atoms with Crippen molar-refractivity contribution in [2.75, 3.05) is 13.1 Å². The molecule has 2 heteroatoms. The Morgan fingerprint density at radius 3 is 2.29 bits per heavy atom. The van der Waals surface area contributed by atoms with E-state index >= 15 is 0 Å². The van der Waals surface area contributed by atoms with Gasteiger partial charge in [0.05, 0.1) is 0 Å². The monoisotopic (exact) mass is 287 g/mol. The summed E-state index contributed by atoms with van der Waals surface area (Å²) in [6, 6.07) is 10.1. The van der Waals surface area contributed by atoms with Crippen LogP contribution in [0.1, 0.15) is 58.4 Å². The highest BCUT2D eigenvalue weighted by molar-refractivity contribution is 6.19. The number of likely N-dealkylation sites (N-methyl/N-ethyl adjacent to an activating group) is 1. The van der Waals surface area contributed by atoms with Gasteiger partial charge in [-0.25, -0.2) is 0 Å². The summed E-state index contributed by atoms with van der Waals surface area (Å²) in [7, 11) is 0. The molecule has 2 nitrogen and oxygen atoms in total. The predicted molar refractivity (Wildman–Crippen MR) is 91.1 cm³/mol. The van der Waals surface area contributed by atoms with E-state index in [0.717, 1.165) is 56.3 Å². The molecule has 0 aliphatic rings. The van der Waals surface area contributed by atoms with Crippen LogP contribution in [0, 0.1) is 0 Å². The highest BCUT2D eigenvalue weighted by atomic mass is 16.2. The smallest absolute Gasteiger partial charge is 0.254 e. The van der Waals surface area contributed by atoms with E-state index in [2.05, 4.69) is 26.8 Å². The van der Waals surface area contributed by atoms with E-state index in [4.69, 9.17) is 0 Å². The maximum atomic E-state index is 12.8. The fourth-order valence-electron chi connectivity index (χ4n) is 2.32. The first-order valence-electron chi connectivity index (χ1n) is 8.29. The summed E-state index contributed by atoms with van der Waals surface area (Å²) in [4.78, 5) is 14.8. The summed E-state index contributed by atoms with van der Waals surface area (Å²) >= 11 is 0. The number of carbonyl (C=O) groups is 1. The van der Waals surface area contributed by atoms with Gasteiger partial charge < -0.3 is 4.90 Å². The van der Waals surface area contributed by atoms with Crippen molar-refractivity contribution in [3.05, 3.63) is 42.0 Å². The van der Waals surface area contributed by atoms with Gasteiger partial charge in [0.15, 0.2) is 0 Å². The summed E-state index contributed by atoms with van der Waals surface area (Å²) in [5.74, 6) is 0.174. The molecule has 0 spiro atoms. The summed E-state index contributed by atoms with van der Waals surface area (Å²) in [6.45, 7) is 8.02. The minimum absolute atomic E-state index is 0.174. The first-order chi connectivity index (χ1) is 10.2. The van der Waals surface area contributed by atoms with Gasteiger partial charge in [-0.2, -0.15) is 0 Å². The first kappa shape index (κ1) is 17.5. The van der Waals surface area contributed by atoms with Gasteiger partial charge in [-0.15, -0.1) is 0 Å². The van der Waals surface area contributed by atoms with E-state index in [1.807, 2.05) is 35.2 Å². The number of benzene rings is 1. The fraction of sp³-hybridized carbons (Fsp3) is 0.526. The van der Waals surface area contributed by atoms with Crippen molar-refractivity contribution in [1.82, 2.24) is 4.90 Å². The number of unbranched alkanes of at least 4 members (excludes halogenated alkanes) is 3. The molecule has 0 heterocycles. The Morgan fingerprint density at radius 1 is 1.05 bits per heavy atom. The molecule has 0 N–H and O–H groups in total. The lowest BCUT2D eigenvalue weighted by atomic mass is 10.0. The molecular weight excluding hydrogens is 258 g/mol. The Bertz CT molecular complexity index is 436. The Kier molecular flexibility index (Phi) is 8.49. The Labute approximate surface area is 129 Å². The van der Waals surface area contributed by atoms with Gasteiger partial charge in [0.25, 0.3) is 5.91 Å². The summed E-state index contributed by atoms with van der Waals surface area (Å²) in [5.41, 5.74) is 1.90. The molecule has 1 aromatic carbocycles. The second-order valence-corrected chi connectivity index (χ2v) is 5.36. The SMILES string of the molecule is CCCCC=C(C(=O)N(CC)CCCC)c1ccccc1. The molecule has 0 radical (unpaired) electrons. The molecule has 0 aliphatic heterocycles. The standard InChI is InChI=1S/C19H29NO/c1-4-7-10-15-18(17-13-11-9-12-14-17)19(21)20(6-3)16-8-5-2/h9,11-15H,4-8,10,16H2,1-3H3. The summed E-state index contributed by atoms with van der Waals surface area (Å²) < 4.78 is 0. The fourth-order valence-corrected chi connectivity index (χ4v) is 2.32. The molecule has 0 atom stereocenters. The van der Waals surface area contributed by atoms with E-state index in [9.17, 15) is 4.79 Å². The van der Waals surface area contributed by atoms with Gasteiger partial charge in [0.1, 0.15) is 0 Å². The van der Waals surface area contributed by atoms with Gasteiger partial charge in [0, 0.05) is 18.7 Å². The van der Waals surface area contributed by atoms with Crippen LogP contribution >= 0.6 is 0 Å². The second kappa shape index (κ2) is 10.2. The average molecular weight is 287 g/mol.